The second-order valence-corrected chi connectivity index (χ2v) is 9.80. The number of amides is 1. The number of unbranched alkanes of at least 4 members (excludes halogenated alkanes) is 1. The Morgan fingerprint density at radius 3 is 2.50 bits per heavy atom. The zero-order valence-electron chi connectivity index (χ0n) is 14.0. The lowest BCUT2D eigenvalue weighted by Gasteiger charge is -2.21. The van der Waals surface area contributed by atoms with Gasteiger partial charge in [0, 0.05) is 20.0 Å². The predicted octanol–water partition coefficient (Wildman–Crippen LogP) is 1.48. The number of benzene rings is 1. The van der Waals surface area contributed by atoms with E-state index in [4.69, 9.17) is 0 Å². The van der Waals surface area contributed by atoms with Gasteiger partial charge in [-0.2, -0.15) is 0 Å². The van der Waals surface area contributed by atoms with E-state index >= 15 is 0 Å². The molecule has 0 saturated carbocycles. The molecule has 7 nitrogen and oxygen atoms in total. The summed E-state index contributed by atoms with van der Waals surface area (Å²) in [7, 11) is -5.98. The van der Waals surface area contributed by atoms with E-state index in [2.05, 4.69) is 0 Å². The fourth-order valence-electron chi connectivity index (χ4n) is 2.53. The number of hydrogen-bond donors (Lipinski definition) is 0. The van der Waals surface area contributed by atoms with E-state index < -0.39 is 26.0 Å². The van der Waals surface area contributed by atoms with Crippen molar-refractivity contribution < 1.29 is 21.6 Å². The van der Waals surface area contributed by atoms with Gasteiger partial charge >= 0.3 is 0 Å². The van der Waals surface area contributed by atoms with Crippen LogP contribution in [-0.4, -0.2) is 46.4 Å². The Bertz CT molecular complexity index is 847. The summed E-state index contributed by atoms with van der Waals surface area (Å²) < 4.78 is 51.5. The van der Waals surface area contributed by atoms with Gasteiger partial charge in [-0.3, -0.25) is 4.79 Å². The molecule has 0 radical (unpaired) electrons. The Hall–Kier alpha value is -1.45. The van der Waals surface area contributed by atoms with Crippen LogP contribution in [0.3, 0.4) is 0 Å². The van der Waals surface area contributed by atoms with Crippen LogP contribution < -0.4 is 4.31 Å². The Kier molecular flexibility index (Phi) is 5.36. The fourth-order valence-corrected chi connectivity index (χ4v) is 5.43. The van der Waals surface area contributed by atoms with Gasteiger partial charge in [0.1, 0.15) is 0 Å². The number of anilines is 1. The largest absolute Gasteiger partial charge is 0.273 e. The van der Waals surface area contributed by atoms with Gasteiger partial charge in [0.2, 0.25) is 26.0 Å². The third-order valence-corrected chi connectivity index (χ3v) is 7.69. The SMILES string of the molecule is CCCCN(C)S(=O)(=O)c1cc(N2C(=O)CCS2(=O)=O)ccc1C. The van der Waals surface area contributed by atoms with Crippen molar-refractivity contribution in [2.75, 3.05) is 23.7 Å². The van der Waals surface area contributed by atoms with Crippen molar-refractivity contribution in [2.24, 2.45) is 0 Å². The molecule has 0 N–H and O–H groups in total. The topological polar surface area (TPSA) is 91.8 Å². The van der Waals surface area contributed by atoms with E-state index in [-0.39, 0.29) is 22.8 Å². The number of nitrogens with zero attached hydrogens (tertiary/aromatic N) is 2. The molecule has 1 heterocycles. The van der Waals surface area contributed by atoms with E-state index in [1.165, 1.54) is 29.6 Å². The quantitative estimate of drug-likeness (QED) is 0.752. The van der Waals surface area contributed by atoms with Crippen LogP contribution >= 0.6 is 0 Å². The third-order valence-electron chi connectivity index (χ3n) is 4.00. The van der Waals surface area contributed by atoms with E-state index in [1.807, 2.05) is 6.92 Å². The second-order valence-electron chi connectivity index (χ2n) is 5.85. The lowest BCUT2D eigenvalue weighted by molar-refractivity contribution is -0.116. The van der Waals surface area contributed by atoms with Crippen molar-refractivity contribution in [1.29, 1.82) is 0 Å². The highest BCUT2D eigenvalue weighted by Gasteiger charge is 2.37. The number of carbonyl (C=O) groups is 1. The normalized spacial score (nSPS) is 17.7. The Morgan fingerprint density at radius 1 is 1.29 bits per heavy atom. The molecule has 1 aliphatic heterocycles. The third kappa shape index (κ3) is 3.47. The van der Waals surface area contributed by atoms with E-state index in [9.17, 15) is 21.6 Å². The van der Waals surface area contributed by atoms with Gasteiger partial charge in [-0.05, 0) is 31.0 Å². The highest BCUT2D eigenvalue weighted by molar-refractivity contribution is 7.94. The van der Waals surface area contributed by atoms with Crippen LogP contribution in [0.15, 0.2) is 23.1 Å². The first-order chi connectivity index (χ1) is 11.1. The molecule has 24 heavy (non-hydrogen) atoms. The van der Waals surface area contributed by atoms with E-state index in [1.54, 1.807) is 6.92 Å². The molecule has 9 heteroatoms. The maximum absolute atomic E-state index is 12.7. The van der Waals surface area contributed by atoms with Crippen LogP contribution in [0, 0.1) is 6.92 Å². The van der Waals surface area contributed by atoms with Crippen LogP contribution in [0.5, 0.6) is 0 Å². The molecule has 0 atom stereocenters. The minimum absolute atomic E-state index is 0.0218. The Balaban J connectivity index is 2.48. The first-order valence-corrected chi connectivity index (χ1v) is 10.8. The molecule has 0 spiro atoms. The molecule has 134 valence electrons. The van der Waals surface area contributed by atoms with Gasteiger partial charge in [0.15, 0.2) is 0 Å². The van der Waals surface area contributed by atoms with Gasteiger partial charge in [0.05, 0.1) is 16.3 Å². The second kappa shape index (κ2) is 6.81. The summed E-state index contributed by atoms with van der Waals surface area (Å²) in [5, 5.41) is 0. The minimum Gasteiger partial charge on any atom is -0.273 e. The highest BCUT2D eigenvalue weighted by atomic mass is 32.2. The molecule has 1 aromatic carbocycles. The van der Waals surface area contributed by atoms with Crippen LogP contribution in [0.25, 0.3) is 0 Å². The average Bonchev–Trinajstić information content (AvgIpc) is 2.78. The molecule has 1 amide bonds. The Labute approximate surface area is 143 Å². The van der Waals surface area contributed by atoms with Crippen LogP contribution in [0.4, 0.5) is 5.69 Å². The van der Waals surface area contributed by atoms with Crippen molar-refractivity contribution in [3.05, 3.63) is 23.8 Å². The molecular formula is C15H22N2O5S2. The van der Waals surface area contributed by atoms with E-state index in [0.717, 1.165) is 12.8 Å². The van der Waals surface area contributed by atoms with Crippen LogP contribution in [-0.2, 0) is 24.8 Å². The summed E-state index contributed by atoms with van der Waals surface area (Å²) in [5.41, 5.74) is 0.580. The molecule has 1 aliphatic rings. The summed E-state index contributed by atoms with van der Waals surface area (Å²) in [4.78, 5) is 11.9. The minimum atomic E-state index is -3.75. The zero-order valence-corrected chi connectivity index (χ0v) is 15.7. The number of rotatable bonds is 6. The summed E-state index contributed by atoms with van der Waals surface area (Å²) >= 11 is 0. The number of hydrogen-bond acceptors (Lipinski definition) is 5. The van der Waals surface area contributed by atoms with Gasteiger partial charge in [-0.15, -0.1) is 0 Å². The monoisotopic (exact) mass is 374 g/mol. The molecule has 1 saturated heterocycles. The maximum Gasteiger partial charge on any atom is 0.243 e. The van der Waals surface area contributed by atoms with Gasteiger partial charge in [-0.1, -0.05) is 19.4 Å². The fraction of sp³-hybridized carbons (Fsp3) is 0.533. The molecule has 0 bridgehead atoms. The summed E-state index contributed by atoms with van der Waals surface area (Å²) in [6.45, 7) is 3.99. The number of aryl methyl sites for hydroxylation is 1. The van der Waals surface area contributed by atoms with Crippen molar-refractivity contribution in [1.82, 2.24) is 4.31 Å². The molecule has 1 aromatic rings. The lowest BCUT2D eigenvalue weighted by Crippen LogP contribution is -2.31. The lowest BCUT2D eigenvalue weighted by atomic mass is 10.2. The molecule has 2 rings (SSSR count). The molecule has 0 aromatic heterocycles. The molecule has 0 aliphatic carbocycles. The van der Waals surface area contributed by atoms with Gasteiger partial charge in [-0.25, -0.2) is 25.4 Å². The van der Waals surface area contributed by atoms with Crippen molar-refractivity contribution >= 4 is 31.6 Å². The molecule has 1 fully saturated rings. The zero-order chi connectivity index (χ0) is 18.1. The summed E-state index contributed by atoms with van der Waals surface area (Å²) in [6, 6.07) is 4.26. The van der Waals surface area contributed by atoms with E-state index in [0.29, 0.717) is 16.4 Å². The van der Waals surface area contributed by atoms with Crippen molar-refractivity contribution in [3.8, 4) is 0 Å². The van der Waals surface area contributed by atoms with Crippen LogP contribution in [0.1, 0.15) is 31.7 Å². The number of sulfonamides is 2. The van der Waals surface area contributed by atoms with Crippen LogP contribution in [0.2, 0.25) is 0 Å². The van der Waals surface area contributed by atoms with Crippen molar-refractivity contribution in [2.45, 2.75) is 38.0 Å². The average molecular weight is 374 g/mol. The number of carbonyl (C=O) groups excluding carboxylic acids is 1. The smallest absolute Gasteiger partial charge is 0.243 e. The summed E-state index contributed by atoms with van der Waals surface area (Å²) in [5.74, 6) is -0.792. The van der Waals surface area contributed by atoms with Gasteiger partial charge < -0.3 is 0 Å². The maximum atomic E-state index is 12.7. The molecular weight excluding hydrogens is 352 g/mol. The first-order valence-electron chi connectivity index (χ1n) is 7.74. The Morgan fingerprint density at radius 2 is 1.96 bits per heavy atom. The molecule has 0 unspecified atom stereocenters. The summed E-state index contributed by atoms with van der Waals surface area (Å²) in [6.07, 6.45) is 1.50. The standard InChI is InChI=1S/C15H22N2O5S2/c1-4-5-9-16(3)24(21,22)14-11-13(7-6-12(14)2)17-15(18)8-10-23(17,19)20/h6-7,11H,4-5,8-10H2,1-3H3. The first kappa shape index (κ1) is 18.9. The highest BCUT2D eigenvalue weighted by Crippen LogP contribution is 2.30. The predicted molar refractivity (Wildman–Crippen MR) is 91.8 cm³/mol. The van der Waals surface area contributed by atoms with Gasteiger partial charge in [0.25, 0.3) is 0 Å². The van der Waals surface area contributed by atoms with Crippen molar-refractivity contribution in [3.63, 3.8) is 0 Å².